The van der Waals surface area contributed by atoms with Crippen molar-refractivity contribution in [2.45, 2.75) is 50.0 Å². The fraction of sp³-hybridized carbons (Fsp3) is 0.478. The Morgan fingerprint density at radius 2 is 1.79 bits per heavy atom. The van der Waals surface area contributed by atoms with Gasteiger partial charge in [0.15, 0.2) is 35.0 Å². The summed E-state index contributed by atoms with van der Waals surface area (Å²) in [6, 6.07) is 0. The van der Waals surface area contributed by atoms with Crippen molar-refractivity contribution in [3.63, 3.8) is 0 Å². The van der Waals surface area contributed by atoms with Crippen LogP contribution in [0.4, 0.5) is 10.2 Å². The molecule has 48 heavy (non-hydrogen) atoms. The first kappa shape index (κ1) is 33.6. The minimum atomic E-state index is -4.34. The molecule has 2 aliphatic heterocycles. The molecule has 0 bridgehead atoms. The van der Waals surface area contributed by atoms with Crippen LogP contribution in [0.3, 0.4) is 0 Å². The summed E-state index contributed by atoms with van der Waals surface area (Å²) >= 11 is 8.67. The Morgan fingerprint density at radius 1 is 1.08 bits per heavy atom. The van der Waals surface area contributed by atoms with Gasteiger partial charge in [0.1, 0.15) is 36.4 Å². The zero-order valence-corrected chi connectivity index (χ0v) is 27.9. The van der Waals surface area contributed by atoms with Crippen molar-refractivity contribution in [3.05, 3.63) is 41.7 Å². The Morgan fingerprint density at radius 3 is 2.56 bits per heavy atom. The zero-order valence-electron chi connectivity index (χ0n) is 24.4. The van der Waals surface area contributed by atoms with E-state index < -0.39 is 81.3 Å². The predicted octanol–water partition coefficient (Wildman–Crippen LogP) is 0.590. The van der Waals surface area contributed by atoms with Gasteiger partial charge in [-0.25, -0.2) is 33.9 Å². The topological polar surface area (TPSA) is 262 Å². The molecule has 6 N–H and O–H groups in total. The molecule has 2 unspecified atom stereocenters. The van der Waals surface area contributed by atoms with Gasteiger partial charge in [0.2, 0.25) is 5.78 Å². The third-order valence-electron chi connectivity index (χ3n) is 8.03. The summed E-state index contributed by atoms with van der Waals surface area (Å²) in [5.41, 5.74) is 6.17. The van der Waals surface area contributed by atoms with Crippen LogP contribution in [0, 0.1) is 5.92 Å². The Labute approximate surface area is 277 Å². The van der Waals surface area contributed by atoms with Crippen LogP contribution >= 0.6 is 25.8 Å². The molecule has 0 saturated carbocycles. The van der Waals surface area contributed by atoms with Crippen LogP contribution in [0.2, 0.25) is 0 Å². The summed E-state index contributed by atoms with van der Waals surface area (Å²) in [7, 11) is 0. The second-order valence-corrected chi connectivity index (χ2v) is 16.6. The lowest BCUT2D eigenvalue weighted by Crippen LogP contribution is -2.34. The fourth-order valence-corrected chi connectivity index (χ4v) is 7.75. The number of nitrogen functional groups attached to an aromatic ring is 1. The fourth-order valence-electron chi connectivity index (χ4n) is 5.77. The molecule has 7 heterocycles. The van der Waals surface area contributed by atoms with Crippen molar-refractivity contribution in [1.29, 1.82) is 0 Å². The van der Waals surface area contributed by atoms with Crippen LogP contribution in [0.5, 0.6) is 0 Å². The maximum Gasteiger partial charge on any atom is 0.383 e. The number of H-pyrrole nitrogens is 1. The second kappa shape index (κ2) is 12.4. The van der Waals surface area contributed by atoms with E-state index in [4.69, 9.17) is 40.6 Å². The number of nitrogens with one attached hydrogen (secondary N) is 1. The van der Waals surface area contributed by atoms with Crippen LogP contribution in [0.15, 0.2) is 36.2 Å². The number of hydrogen-bond donors (Lipinski definition) is 6. The standard InChI is InChI=1S/C23H27FN10O10P2S2/c1-9-15(35)10(42-21(9)34-8-30-14-19(36)31-23-26-2-3-32(23)20(14)34)4-41-46(39,48)44-16-11(5-40-45(37,38)47)43-22(12(16)24)33-7-29-13-17(25)27-6-28-18(13)33/h2-3,6-12,15-16,21-22,35H,4-5H2,1H3,(H,39,48)(H2,25,27,28)(H,26,31,36)(H2,37,38,47)/t9-,10-,11-,12-,15+,16-,21-,22-,46?/m1/s1. The lowest BCUT2D eigenvalue weighted by molar-refractivity contribution is -0.0498. The molecule has 20 nitrogen and oxygen atoms in total. The number of anilines is 1. The van der Waals surface area contributed by atoms with Crippen molar-refractivity contribution in [3.8, 4) is 0 Å². The van der Waals surface area contributed by atoms with E-state index in [9.17, 15) is 24.3 Å². The number of ether oxygens (including phenoxy) is 2. The first-order chi connectivity index (χ1) is 22.7. The average molecular weight is 749 g/mol. The normalized spacial score (nSPS) is 30.4. The lowest BCUT2D eigenvalue weighted by Gasteiger charge is -2.26. The number of aromatic nitrogens is 9. The van der Waals surface area contributed by atoms with Crippen molar-refractivity contribution >= 4 is 71.5 Å². The van der Waals surface area contributed by atoms with Gasteiger partial charge in [0.05, 0.1) is 32.0 Å². The summed E-state index contributed by atoms with van der Waals surface area (Å²) in [5.74, 6) is -0.250. The van der Waals surface area contributed by atoms with Crippen molar-refractivity contribution in [2.24, 2.45) is 5.92 Å². The quantitative estimate of drug-likeness (QED) is 0.0843. The van der Waals surface area contributed by atoms with E-state index in [1.807, 2.05) is 0 Å². The van der Waals surface area contributed by atoms with Gasteiger partial charge in [0.25, 0.3) is 5.56 Å². The number of nitrogens with two attached hydrogens (primary N) is 1. The first-order valence-electron chi connectivity index (χ1n) is 14.1. The molecular formula is C23H27FN10O10P2S2. The molecule has 25 heteroatoms. The molecular weight excluding hydrogens is 721 g/mol. The highest BCUT2D eigenvalue weighted by Gasteiger charge is 2.51. The van der Waals surface area contributed by atoms with Gasteiger partial charge in [-0.2, -0.15) is 0 Å². The van der Waals surface area contributed by atoms with Gasteiger partial charge in [-0.15, -0.1) is 0 Å². The third-order valence-corrected chi connectivity index (χ3v) is 10.4. The number of aromatic amines is 1. The maximum atomic E-state index is 16.1. The number of aliphatic hydroxyl groups excluding tert-OH is 1. The van der Waals surface area contributed by atoms with Crippen LogP contribution in [-0.2, 0) is 39.4 Å². The van der Waals surface area contributed by atoms with Crippen LogP contribution in [-0.4, -0.2) is 102 Å². The van der Waals surface area contributed by atoms with E-state index in [0.717, 1.165) is 6.33 Å². The highest BCUT2D eigenvalue weighted by Crippen LogP contribution is 2.52. The molecule has 2 saturated heterocycles. The minimum Gasteiger partial charge on any atom is -0.390 e. The van der Waals surface area contributed by atoms with Crippen LogP contribution < -0.4 is 11.3 Å². The van der Waals surface area contributed by atoms with Gasteiger partial charge in [-0.05, 0) is 11.8 Å². The molecule has 0 amide bonds. The number of nitrogens with zero attached hydrogens (tertiary/aromatic N) is 8. The summed E-state index contributed by atoms with van der Waals surface area (Å²) in [4.78, 5) is 56.1. The first-order valence-corrected chi connectivity index (χ1v) is 19.4. The molecule has 5 aromatic rings. The number of rotatable bonds is 10. The molecule has 7 rings (SSSR count). The van der Waals surface area contributed by atoms with Crippen LogP contribution in [0.25, 0.3) is 28.1 Å². The van der Waals surface area contributed by atoms with Crippen molar-refractivity contribution in [1.82, 2.24) is 43.4 Å². The smallest absolute Gasteiger partial charge is 0.383 e. The van der Waals surface area contributed by atoms with E-state index in [-0.39, 0.29) is 28.3 Å². The molecule has 0 aromatic carbocycles. The largest absolute Gasteiger partial charge is 0.390 e. The predicted molar refractivity (Wildman–Crippen MR) is 169 cm³/mol. The summed E-state index contributed by atoms with van der Waals surface area (Å²) in [5, 5.41) is 11.0. The Kier molecular flexibility index (Phi) is 8.70. The lowest BCUT2D eigenvalue weighted by atomic mass is 10.0. The number of fused-ring (bicyclic) bond motifs is 4. The third kappa shape index (κ3) is 6.07. The number of halogens is 1. The van der Waals surface area contributed by atoms with Gasteiger partial charge < -0.3 is 34.6 Å². The summed E-state index contributed by atoms with van der Waals surface area (Å²) in [6.45, 7) is -8.12. The highest BCUT2D eigenvalue weighted by atomic mass is 32.7. The number of alkyl halides is 1. The molecule has 258 valence electrons. The Bertz CT molecular complexity index is 2160. The van der Waals surface area contributed by atoms with Gasteiger partial charge in [-0.1, -0.05) is 19.2 Å². The van der Waals surface area contributed by atoms with Crippen molar-refractivity contribution in [2.75, 3.05) is 18.9 Å². The zero-order chi connectivity index (χ0) is 34.1. The number of thiol groups is 1. The molecule has 0 spiro atoms. The molecule has 5 aromatic heterocycles. The molecule has 10 atom stereocenters. The Balaban J connectivity index is 1.08. The second-order valence-electron chi connectivity index (χ2n) is 11.0. The van der Waals surface area contributed by atoms with E-state index in [0.29, 0.717) is 5.65 Å². The monoisotopic (exact) mass is 748 g/mol. The van der Waals surface area contributed by atoms with Crippen LogP contribution in [0.1, 0.15) is 19.4 Å². The van der Waals surface area contributed by atoms with E-state index in [1.54, 1.807) is 22.1 Å². The molecule has 0 radical (unpaired) electrons. The number of imidazole rings is 3. The highest BCUT2D eigenvalue weighted by molar-refractivity contribution is 8.44. The summed E-state index contributed by atoms with van der Waals surface area (Å²) in [6.07, 6.45) is -2.77. The Hall–Kier alpha value is -2.92. The molecule has 2 aliphatic rings. The van der Waals surface area contributed by atoms with Gasteiger partial charge in [-0.3, -0.25) is 32.4 Å². The number of aliphatic hydroxyl groups is 1. The molecule has 2 fully saturated rings. The maximum absolute atomic E-state index is 16.1. The van der Waals surface area contributed by atoms with E-state index >= 15 is 4.39 Å². The SMILES string of the molecule is C[C@@H]1[C@H](O)[C@@H](COP(O)(=S)O[C@H]2[C@@H](F)[C@H](n3cnc4c(N)ncnc43)O[C@@H]2COP(=O)(O)S)O[C@H]1n1cnc2c(=O)[nH]c3nccn3c21. The number of hydrogen-bond acceptors (Lipinski definition) is 15. The van der Waals surface area contributed by atoms with E-state index in [2.05, 4.69) is 42.2 Å². The van der Waals surface area contributed by atoms with Gasteiger partial charge >= 0.3 is 13.5 Å². The summed E-state index contributed by atoms with van der Waals surface area (Å²) < 4.78 is 60.0. The molecule has 0 aliphatic carbocycles. The average Bonchev–Trinajstić information content (AvgIpc) is 3.84. The van der Waals surface area contributed by atoms with Crippen molar-refractivity contribution < 1.29 is 46.9 Å². The van der Waals surface area contributed by atoms with E-state index in [1.165, 1.54) is 23.4 Å². The minimum absolute atomic E-state index is 0.0353. The van der Waals surface area contributed by atoms with Gasteiger partial charge in [0, 0.05) is 18.3 Å².